The number of aliphatic imine (C=N–C) groups is 1. The van der Waals surface area contributed by atoms with Crippen LogP contribution in [-0.4, -0.2) is 38.0 Å². The van der Waals surface area contributed by atoms with E-state index in [1.165, 1.54) is 12.7 Å². The van der Waals surface area contributed by atoms with Crippen molar-refractivity contribution in [1.29, 1.82) is 0 Å². The summed E-state index contributed by atoms with van der Waals surface area (Å²) in [5.74, 6) is 0.490. The van der Waals surface area contributed by atoms with Crippen LogP contribution in [0, 0.1) is 0 Å². The maximum atomic E-state index is 11.4. The highest BCUT2D eigenvalue weighted by atomic mass is 127. The summed E-state index contributed by atoms with van der Waals surface area (Å²) in [5, 5.41) is 3.33. The normalized spacial score (nSPS) is 10.6. The zero-order chi connectivity index (χ0) is 17.4. The predicted molar refractivity (Wildman–Crippen MR) is 111 cm³/mol. The van der Waals surface area contributed by atoms with Crippen molar-refractivity contribution in [1.82, 2.24) is 10.2 Å². The van der Waals surface area contributed by atoms with Gasteiger partial charge in [-0.15, -0.1) is 24.0 Å². The standard InChI is InChI=1S/C19H23N3O2.HI/c1-20-19(22(2)14-16-7-5-4-6-8-16)21-13-15-9-11-17(12-10-15)18(23)24-3;/h4-12H,13-14H2,1-3H3,(H,20,21);1H. The molecule has 0 fully saturated rings. The Morgan fingerprint density at radius 3 is 2.28 bits per heavy atom. The molecule has 0 unspecified atom stereocenters. The lowest BCUT2D eigenvalue weighted by Crippen LogP contribution is -2.38. The van der Waals surface area contributed by atoms with Crippen LogP contribution in [0.1, 0.15) is 21.5 Å². The molecule has 0 saturated heterocycles. The van der Waals surface area contributed by atoms with Crippen LogP contribution >= 0.6 is 24.0 Å². The van der Waals surface area contributed by atoms with Gasteiger partial charge in [0.05, 0.1) is 12.7 Å². The molecule has 2 aromatic carbocycles. The van der Waals surface area contributed by atoms with E-state index in [1.807, 2.05) is 37.4 Å². The molecular formula is C19H24IN3O2. The van der Waals surface area contributed by atoms with Gasteiger partial charge in [0.15, 0.2) is 5.96 Å². The maximum Gasteiger partial charge on any atom is 0.337 e. The van der Waals surface area contributed by atoms with E-state index in [-0.39, 0.29) is 29.9 Å². The first-order chi connectivity index (χ1) is 11.6. The van der Waals surface area contributed by atoms with Gasteiger partial charge in [-0.2, -0.15) is 0 Å². The number of guanidine groups is 1. The van der Waals surface area contributed by atoms with E-state index in [1.54, 1.807) is 19.2 Å². The number of rotatable bonds is 5. The van der Waals surface area contributed by atoms with Crippen LogP contribution in [0.25, 0.3) is 0 Å². The topological polar surface area (TPSA) is 53.9 Å². The van der Waals surface area contributed by atoms with Crippen molar-refractivity contribution in [2.75, 3.05) is 21.2 Å². The maximum absolute atomic E-state index is 11.4. The average molecular weight is 453 g/mol. The Balaban J connectivity index is 0.00000312. The third-order valence-corrected chi connectivity index (χ3v) is 3.66. The molecule has 0 atom stereocenters. The van der Waals surface area contributed by atoms with Gasteiger partial charge in [-0.3, -0.25) is 4.99 Å². The molecular weight excluding hydrogens is 429 g/mol. The van der Waals surface area contributed by atoms with Gasteiger partial charge in [0, 0.05) is 27.2 Å². The van der Waals surface area contributed by atoms with E-state index in [0.717, 1.165) is 18.1 Å². The summed E-state index contributed by atoms with van der Waals surface area (Å²) in [6.45, 7) is 1.41. The van der Waals surface area contributed by atoms with Crippen LogP contribution in [0.3, 0.4) is 0 Å². The van der Waals surface area contributed by atoms with E-state index < -0.39 is 0 Å². The minimum atomic E-state index is -0.326. The van der Waals surface area contributed by atoms with E-state index in [0.29, 0.717) is 12.1 Å². The van der Waals surface area contributed by atoms with Gasteiger partial charge in [0.25, 0.3) is 0 Å². The van der Waals surface area contributed by atoms with E-state index in [9.17, 15) is 4.79 Å². The predicted octanol–water partition coefficient (Wildman–Crippen LogP) is 3.30. The summed E-state index contributed by atoms with van der Waals surface area (Å²) in [6, 6.07) is 17.6. The molecule has 0 amide bonds. The van der Waals surface area contributed by atoms with Gasteiger partial charge < -0.3 is 15.0 Å². The van der Waals surface area contributed by atoms with Crippen LogP contribution in [0.15, 0.2) is 59.6 Å². The molecule has 6 heteroatoms. The quantitative estimate of drug-likeness (QED) is 0.327. The summed E-state index contributed by atoms with van der Waals surface area (Å²) < 4.78 is 4.70. The number of hydrogen-bond donors (Lipinski definition) is 1. The third-order valence-electron chi connectivity index (χ3n) is 3.66. The third kappa shape index (κ3) is 6.38. The second-order valence-electron chi connectivity index (χ2n) is 5.43. The molecule has 0 aliphatic carbocycles. The molecule has 0 aliphatic heterocycles. The molecule has 25 heavy (non-hydrogen) atoms. The fourth-order valence-corrected chi connectivity index (χ4v) is 2.37. The first-order valence-corrected chi connectivity index (χ1v) is 7.77. The highest BCUT2D eigenvalue weighted by molar-refractivity contribution is 14.0. The number of ether oxygens (including phenoxy) is 1. The molecule has 0 aromatic heterocycles. The van der Waals surface area contributed by atoms with Gasteiger partial charge in [0.2, 0.25) is 0 Å². The molecule has 0 saturated carbocycles. The number of carbonyl (C=O) groups is 1. The van der Waals surface area contributed by atoms with Crippen LogP contribution in [0.2, 0.25) is 0 Å². The highest BCUT2D eigenvalue weighted by Crippen LogP contribution is 2.07. The molecule has 0 radical (unpaired) electrons. The monoisotopic (exact) mass is 453 g/mol. The van der Waals surface area contributed by atoms with Crippen LogP contribution in [-0.2, 0) is 17.8 Å². The van der Waals surface area contributed by atoms with Crippen molar-refractivity contribution in [3.63, 3.8) is 0 Å². The number of benzene rings is 2. The summed E-state index contributed by atoms with van der Waals surface area (Å²) in [6.07, 6.45) is 0. The van der Waals surface area contributed by atoms with Gasteiger partial charge >= 0.3 is 5.97 Å². The minimum absolute atomic E-state index is 0. The van der Waals surface area contributed by atoms with Gasteiger partial charge in [-0.1, -0.05) is 42.5 Å². The minimum Gasteiger partial charge on any atom is -0.465 e. The molecule has 2 rings (SSSR count). The van der Waals surface area contributed by atoms with E-state index in [2.05, 4.69) is 27.3 Å². The van der Waals surface area contributed by atoms with Crippen molar-refractivity contribution in [2.24, 2.45) is 4.99 Å². The second-order valence-corrected chi connectivity index (χ2v) is 5.43. The Morgan fingerprint density at radius 2 is 1.72 bits per heavy atom. The van der Waals surface area contributed by atoms with Gasteiger partial charge in [0.1, 0.15) is 0 Å². The fourth-order valence-electron chi connectivity index (χ4n) is 2.37. The lowest BCUT2D eigenvalue weighted by Gasteiger charge is -2.22. The Bertz CT molecular complexity index is 688. The number of esters is 1. The number of carbonyl (C=O) groups excluding carboxylic acids is 1. The van der Waals surface area contributed by atoms with E-state index in [4.69, 9.17) is 4.74 Å². The molecule has 2 aromatic rings. The molecule has 1 N–H and O–H groups in total. The zero-order valence-corrected chi connectivity index (χ0v) is 17.1. The second kappa shape index (κ2) is 10.7. The largest absolute Gasteiger partial charge is 0.465 e. The summed E-state index contributed by atoms with van der Waals surface area (Å²) >= 11 is 0. The molecule has 0 heterocycles. The summed E-state index contributed by atoms with van der Waals surface area (Å²) in [4.78, 5) is 17.8. The zero-order valence-electron chi connectivity index (χ0n) is 14.7. The van der Waals surface area contributed by atoms with Crippen molar-refractivity contribution >= 4 is 35.9 Å². The van der Waals surface area contributed by atoms with Gasteiger partial charge in [-0.05, 0) is 23.3 Å². The van der Waals surface area contributed by atoms with Crippen LogP contribution in [0.4, 0.5) is 0 Å². The number of halogens is 1. The van der Waals surface area contributed by atoms with Gasteiger partial charge in [-0.25, -0.2) is 4.79 Å². The fraction of sp³-hybridized carbons (Fsp3) is 0.263. The molecule has 0 aliphatic rings. The molecule has 134 valence electrons. The van der Waals surface area contributed by atoms with Crippen molar-refractivity contribution in [2.45, 2.75) is 13.1 Å². The Kier molecular flexibility index (Phi) is 8.98. The van der Waals surface area contributed by atoms with Crippen LogP contribution in [0.5, 0.6) is 0 Å². The average Bonchev–Trinajstić information content (AvgIpc) is 2.63. The number of hydrogen-bond acceptors (Lipinski definition) is 3. The summed E-state index contributed by atoms with van der Waals surface area (Å²) in [5.41, 5.74) is 2.84. The SMILES string of the molecule is CN=C(NCc1ccc(C(=O)OC)cc1)N(C)Cc1ccccc1.I. The lowest BCUT2D eigenvalue weighted by molar-refractivity contribution is 0.0600. The molecule has 5 nitrogen and oxygen atoms in total. The first kappa shape index (κ1) is 21.0. The van der Waals surface area contributed by atoms with Crippen LogP contribution < -0.4 is 5.32 Å². The van der Waals surface area contributed by atoms with Crippen molar-refractivity contribution in [3.8, 4) is 0 Å². The van der Waals surface area contributed by atoms with Crippen molar-refractivity contribution < 1.29 is 9.53 Å². The lowest BCUT2D eigenvalue weighted by atomic mass is 10.1. The number of nitrogens with one attached hydrogen (secondary N) is 1. The Morgan fingerprint density at radius 1 is 1.08 bits per heavy atom. The molecule has 0 spiro atoms. The van der Waals surface area contributed by atoms with E-state index >= 15 is 0 Å². The Labute approximate surface area is 166 Å². The smallest absolute Gasteiger partial charge is 0.337 e. The summed E-state index contributed by atoms with van der Waals surface area (Å²) in [7, 11) is 5.15. The van der Waals surface area contributed by atoms with Crippen molar-refractivity contribution in [3.05, 3.63) is 71.3 Å². The molecule has 0 bridgehead atoms. The highest BCUT2D eigenvalue weighted by Gasteiger charge is 2.07. The Hall–Kier alpha value is -2.09. The number of methoxy groups -OCH3 is 1. The first-order valence-electron chi connectivity index (χ1n) is 7.77. The number of nitrogens with zero attached hydrogens (tertiary/aromatic N) is 2.